The van der Waals surface area contributed by atoms with E-state index >= 15 is 0 Å². The van der Waals surface area contributed by atoms with E-state index in [-0.39, 0.29) is 19.4 Å². The van der Waals surface area contributed by atoms with Crippen LogP contribution in [0.15, 0.2) is 36.5 Å². The molecule has 0 radical (unpaired) electrons. The van der Waals surface area contributed by atoms with E-state index in [0.717, 1.165) is 57.8 Å². The van der Waals surface area contributed by atoms with Crippen LogP contribution in [0.25, 0.3) is 0 Å². The van der Waals surface area contributed by atoms with Gasteiger partial charge in [-0.25, -0.2) is 4.57 Å². The number of ether oxygens (including phenoxy) is 2. The average molecular weight is 755 g/mol. The lowest BCUT2D eigenvalue weighted by molar-refractivity contribution is -0.161. The first-order valence-electron chi connectivity index (χ1n) is 21.3. The van der Waals surface area contributed by atoms with Gasteiger partial charge in [-0.05, 0) is 51.4 Å². The van der Waals surface area contributed by atoms with Crippen molar-refractivity contribution in [3.8, 4) is 0 Å². The first-order chi connectivity index (χ1) is 25.3. The molecule has 0 aliphatic rings. The average Bonchev–Trinajstić information content (AvgIpc) is 3.11. The van der Waals surface area contributed by atoms with Crippen molar-refractivity contribution in [1.82, 2.24) is 0 Å². The molecule has 0 aliphatic carbocycles. The van der Waals surface area contributed by atoms with Crippen molar-refractivity contribution in [3.05, 3.63) is 36.5 Å². The monoisotopic (exact) mass is 755 g/mol. The smallest absolute Gasteiger partial charge is 0.462 e. The van der Waals surface area contributed by atoms with Gasteiger partial charge in [-0.2, -0.15) is 0 Å². The zero-order chi connectivity index (χ0) is 38.2. The number of allylic oxidation sites excluding steroid dienone is 6. The molecule has 8 nitrogen and oxygen atoms in total. The van der Waals surface area contributed by atoms with Crippen LogP contribution in [0, 0.1) is 0 Å². The molecule has 0 aromatic rings. The Kier molecular flexibility index (Phi) is 37.7. The summed E-state index contributed by atoms with van der Waals surface area (Å²) < 4.78 is 26.4. The summed E-state index contributed by atoms with van der Waals surface area (Å²) in [5.74, 6) is -0.903. The third-order valence-corrected chi connectivity index (χ3v) is 9.65. The van der Waals surface area contributed by atoms with E-state index in [4.69, 9.17) is 19.3 Å². The van der Waals surface area contributed by atoms with E-state index in [0.29, 0.717) is 12.8 Å². The Morgan fingerprint density at radius 3 is 1.33 bits per heavy atom. The second kappa shape index (κ2) is 39.0. The molecule has 0 aromatic carbocycles. The molecule has 0 fully saturated rings. The highest BCUT2D eigenvalue weighted by Crippen LogP contribution is 2.36. The van der Waals surface area contributed by atoms with Crippen LogP contribution in [0.5, 0.6) is 0 Å². The highest BCUT2D eigenvalue weighted by Gasteiger charge is 2.22. The number of phosphoric acid groups is 1. The normalized spacial score (nSPS) is 12.8. The Bertz CT molecular complexity index is 941. The number of esters is 2. The predicted octanol–water partition coefficient (Wildman–Crippen LogP) is 13.0. The van der Waals surface area contributed by atoms with Gasteiger partial charge >= 0.3 is 19.8 Å². The molecule has 0 amide bonds. The van der Waals surface area contributed by atoms with E-state index in [2.05, 4.69) is 54.8 Å². The number of carbonyl (C=O) groups excluding carboxylic acids is 2. The zero-order valence-corrected chi connectivity index (χ0v) is 34.4. The van der Waals surface area contributed by atoms with Crippen molar-refractivity contribution in [1.29, 1.82) is 0 Å². The Labute approximate surface area is 319 Å². The van der Waals surface area contributed by atoms with Gasteiger partial charge in [-0.1, -0.05) is 179 Å². The van der Waals surface area contributed by atoms with Crippen LogP contribution in [0.1, 0.15) is 206 Å². The third kappa shape index (κ3) is 41.0. The highest BCUT2D eigenvalue weighted by molar-refractivity contribution is 7.46. The minimum atomic E-state index is -4.76. The van der Waals surface area contributed by atoms with Crippen LogP contribution >= 0.6 is 7.82 Å². The Balaban J connectivity index is 3.94. The molecule has 0 rings (SSSR count). The van der Waals surface area contributed by atoms with Gasteiger partial charge in [-0.15, -0.1) is 0 Å². The lowest BCUT2D eigenvalue weighted by Crippen LogP contribution is -2.29. The molecule has 1 atom stereocenters. The Morgan fingerprint density at radius 1 is 0.500 bits per heavy atom. The summed E-state index contributed by atoms with van der Waals surface area (Å²) in [5.41, 5.74) is 0. The van der Waals surface area contributed by atoms with Crippen molar-refractivity contribution in [2.75, 3.05) is 13.2 Å². The lowest BCUT2D eigenvalue weighted by atomic mass is 10.0. The van der Waals surface area contributed by atoms with E-state index in [9.17, 15) is 14.2 Å². The Hall–Kier alpha value is -1.73. The van der Waals surface area contributed by atoms with Crippen molar-refractivity contribution in [2.24, 2.45) is 0 Å². The summed E-state index contributed by atoms with van der Waals surface area (Å²) in [4.78, 5) is 42.8. The van der Waals surface area contributed by atoms with Gasteiger partial charge in [0.2, 0.25) is 0 Å². The van der Waals surface area contributed by atoms with E-state index < -0.39 is 32.5 Å². The van der Waals surface area contributed by atoms with Crippen LogP contribution in [-0.2, 0) is 28.2 Å². The quantitative estimate of drug-likeness (QED) is 0.0275. The minimum absolute atomic E-state index is 0.210. The topological polar surface area (TPSA) is 119 Å². The molecule has 0 aliphatic heterocycles. The SMILES string of the molecule is CCCCC/C=C\C/C=C\C/C=C\CCCCCCC(=O)OC[C@H](COP(=O)(O)O)OC(=O)CCCCCCCCCCCCCCCCCCC. The summed E-state index contributed by atoms with van der Waals surface area (Å²) in [6.07, 6.45) is 45.7. The lowest BCUT2D eigenvalue weighted by Gasteiger charge is -2.18. The molecule has 9 heteroatoms. The van der Waals surface area contributed by atoms with Crippen LogP contribution in [0.2, 0.25) is 0 Å². The first-order valence-corrected chi connectivity index (χ1v) is 22.8. The number of carbonyl (C=O) groups is 2. The van der Waals surface area contributed by atoms with Gasteiger partial charge < -0.3 is 19.3 Å². The van der Waals surface area contributed by atoms with Crippen molar-refractivity contribution in [3.63, 3.8) is 0 Å². The summed E-state index contributed by atoms with van der Waals surface area (Å²) in [7, 11) is -4.76. The Morgan fingerprint density at radius 2 is 0.865 bits per heavy atom. The molecule has 52 heavy (non-hydrogen) atoms. The first kappa shape index (κ1) is 50.3. The summed E-state index contributed by atoms with van der Waals surface area (Å²) in [5, 5.41) is 0. The fourth-order valence-electron chi connectivity index (χ4n) is 5.97. The number of rotatable bonds is 39. The molecule has 0 unspecified atom stereocenters. The van der Waals surface area contributed by atoms with Crippen LogP contribution < -0.4 is 0 Å². The molecule has 304 valence electrons. The molecule has 2 N–H and O–H groups in total. The van der Waals surface area contributed by atoms with E-state index in [1.54, 1.807) is 0 Å². The fourth-order valence-corrected chi connectivity index (χ4v) is 6.33. The summed E-state index contributed by atoms with van der Waals surface area (Å²) in [6.45, 7) is 3.65. The molecule has 0 heterocycles. The van der Waals surface area contributed by atoms with E-state index in [1.807, 2.05) is 0 Å². The second-order valence-corrected chi connectivity index (χ2v) is 15.6. The number of hydrogen-bond donors (Lipinski definition) is 2. The maximum absolute atomic E-state index is 12.4. The minimum Gasteiger partial charge on any atom is -0.462 e. The van der Waals surface area contributed by atoms with Crippen LogP contribution in [-0.4, -0.2) is 41.0 Å². The zero-order valence-electron chi connectivity index (χ0n) is 33.5. The van der Waals surface area contributed by atoms with Gasteiger partial charge in [0.1, 0.15) is 6.61 Å². The maximum Gasteiger partial charge on any atom is 0.469 e. The number of unbranched alkanes of at least 4 members (excludes halogenated alkanes) is 23. The largest absolute Gasteiger partial charge is 0.469 e. The molecule has 0 bridgehead atoms. The molecular formula is C43H79O8P. The van der Waals surface area contributed by atoms with E-state index in [1.165, 1.54) is 109 Å². The molecule has 0 spiro atoms. The standard InChI is InChI=1S/C43H79O8P/c1-3-5-7-9-11-13-15-17-19-21-23-25-27-29-31-33-35-37-42(44)49-39-41(40-50-52(46,47)48)51-43(45)38-36-34-32-30-28-26-24-22-20-18-16-14-12-10-8-6-4-2/h11,13,17,19,23,25,41H,3-10,12,14-16,18,20-22,24,26-40H2,1-2H3,(H2,46,47,48)/b13-11-,19-17-,25-23-/t41-/m1/s1. The molecule has 0 saturated heterocycles. The van der Waals surface area contributed by atoms with Crippen LogP contribution in [0.3, 0.4) is 0 Å². The molecule has 0 aromatic heterocycles. The predicted molar refractivity (Wildman–Crippen MR) is 216 cm³/mol. The van der Waals surface area contributed by atoms with Crippen LogP contribution in [0.4, 0.5) is 0 Å². The fraction of sp³-hybridized carbons (Fsp3) is 0.814. The number of hydrogen-bond acceptors (Lipinski definition) is 6. The maximum atomic E-state index is 12.4. The van der Waals surface area contributed by atoms with Crippen molar-refractivity contribution >= 4 is 19.8 Å². The summed E-state index contributed by atoms with van der Waals surface area (Å²) >= 11 is 0. The van der Waals surface area contributed by atoms with Gasteiger partial charge in [-0.3, -0.25) is 14.1 Å². The van der Waals surface area contributed by atoms with Gasteiger partial charge in [0.25, 0.3) is 0 Å². The highest BCUT2D eigenvalue weighted by atomic mass is 31.2. The van der Waals surface area contributed by atoms with Crippen molar-refractivity contribution < 1.29 is 37.9 Å². The molecule has 0 saturated carbocycles. The van der Waals surface area contributed by atoms with Gasteiger partial charge in [0.15, 0.2) is 6.10 Å². The summed E-state index contributed by atoms with van der Waals surface area (Å²) in [6, 6.07) is 0. The molecular weight excluding hydrogens is 675 g/mol. The van der Waals surface area contributed by atoms with Gasteiger partial charge in [0.05, 0.1) is 6.61 Å². The van der Waals surface area contributed by atoms with Crippen molar-refractivity contribution in [2.45, 2.75) is 213 Å². The second-order valence-electron chi connectivity index (χ2n) is 14.3. The number of phosphoric ester groups is 1. The third-order valence-electron chi connectivity index (χ3n) is 9.16. The van der Waals surface area contributed by atoms with Gasteiger partial charge in [0, 0.05) is 12.8 Å².